The standard InChI is InChI=1S/C18H26N2O4/c1-24-15-9-7-14(8-10-15)16(21)12-19-17(22)13-20-11-5-3-2-4-6-18(20)23/h7-10,16,21H,2-6,11-13H2,1H3,(H,19,22)/t16-/m1/s1. The molecule has 1 atom stereocenters. The summed E-state index contributed by atoms with van der Waals surface area (Å²) in [6.45, 7) is 0.814. The lowest BCUT2D eigenvalue weighted by atomic mass is 10.1. The number of carbonyl (C=O) groups excluding carboxylic acids is 2. The van der Waals surface area contributed by atoms with Crippen LogP contribution in [0.15, 0.2) is 24.3 Å². The van der Waals surface area contributed by atoms with Gasteiger partial charge in [-0.3, -0.25) is 9.59 Å². The molecule has 2 rings (SSSR count). The molecule has 132 valence electrons. The van der Waals surface area contributed by atoms with Crippen LogP contribution < -0.4 is 10.1 Å². The van der Waals surface area contributed by atoms with Gasteiger partial charge in [0.1, 0.15) is 5.75 Å². The SMILES string of the molecule is COc1ccc([C@H](O)CNC(=O)CN2CCCCCCC2=O)cc1. The highest BCUT2D eigenvalue weighted by molar-refractivity contribution is 5.84. The van der Waals surface area contributed by atoms with E-state index >= 15 is 0 Å². The second-order valence-corrected chi connectivity index (χ2v) is 6.07. The van der Waals surface area contributed by atoms with E-state index in [9.17, 15) is 14.7 Å². The molecule has 24 heavy (non-hydrogen) atoms. The first-order chi connectivity index (χ1) is 11.6. The number of rotatable bonds is 6. The van der Waals surface area contributed by atoms with Crippen LogP contribution in [0.25, 0.3) is 0 Å². The van der Waals surface area contributed by atoms with Crippen molar-refractivity contribution in [3.05, 3.63) is 29.8 Å². The van der Waals surface area contributed by atoms with Gasteiger partial charge in [-0.15, -0.1) is 0 Å². The number of hydrogen-bond donors (Lipinski definition) is 2. The maximum absolute atomic E-state index is 12.1. The lowest BCUT2D eigenvalue weighted by Gasteiger charge is -2.24. The number of hydrogen-bond acceptors (Lipinski definition) is 4. The smallest absolute Gasteiger partial charge is 0.239 e. The van der Waals surface area contributed by atoms with Gasteiger partial charge in [-0.2, -0.15) is 0 Å². The number of amides is 2. The van der Waals surface area contributed by atoms with E-state index in [0.29, 0.717) is 24.3 Å². The Morgan fingerprint density at radius 2 is 1.96 bits per heavy atom. The van der Waals surface area contributed by atoms with Crippen molar-refractivity contribution in [2.45, 2.75) is 38.2 Å². The molecule has 0 radical (unpaired) electrons. The van der Waals surface area contributed by atoms with E-state index in [1.54, 1.807) is 36.3 Å². The second kappa shape index (κ2) is 9.27. The third kappa shape index (κ3) is 5.53. The molecule has 1 aliphatic heterocycles. The Morgan fingerprint density at radius 3 is 2.67 bits per heavy atom. The maximum atomic E-state index is 12.1. The normalized spacial score (nSPS) is 16.9. The van der Waals surface area contributed by atoms with Crippen molar-refractivity contribution in [2.24, 2.45) is 0 Å². The van der Waals surface area contributed by atoms with Gasteiger partial charge in [0, 0.05) is 19.5 Å². The number of nitrogens with zero attached hydrogens (tertiary/aromatic N) is 1. The molecule has 1 heterocycles. The molecule has 1 saturated heterocycles. The Labute approximate surface area is 142 Å². The zero-order valence-electron chi connectivity index (χ0n) is 14.2. The average molecular weight is 334 g/mol. The summed E-state index contributed by atoms with van der Waals surface area (Å²) in [6.07, 6.45) is 3.74. The van der Waals surface area contributed by atoms with Gasteiger partial charge in [0.05, 0.1) is 19.8 Å². The molecule has 1 aliphatic rings. The first-order valence-electron chi connectivity index (χ1n) is 8.46. The molecule has 0 unspecified atom stereocenters. The summed E-state index contributed by atoms with van der Waals surface area (Å²) < 4.78 is 5.07. The molecule has 0 bridgehead atoms. The monoisotopic (exact) mass is 334 g/mol. The molecule has 6 nitrogen and oxygen atoms in total. The number of aliphatic hydroxyl groups excluding tert-OH is 1. The molecule has 1 aromatic rings. The Kier molecular flexibility index (Phi) is 7.06. The van der Waals surface area contributed by atoms with Gasteiger partial charge >= 0.3 is 0 Å². The number of benzene rings is 1. The van der Waals surface area contributed by atoms with E-state index in [-0.39, 0.29) is 24.9 Å². The zero-order valence-corrected chi connectivity index (χ0v) is 14.2. The first kappa shape index (κ1) is 18.3. The summed E-state index contributed by atoms with van der Waals surface area (Å²) in [5, 5.41) is 12.8. The Balaban J connectivity index is 1.79. The van der Waals surface area contributed by atoms with E-state index in [1.807, 2.05) is 0 Å². The minimum absolute atomic E-state index is 0.0422. The summed E-state index contributed by atoms with van der Waals surface area (Å²) in [4.78, 5) is 25.7. The van der Waals surface area contributed by atoms with Crippen LogP contribution in [-0.4, -0.2) is 48.6 Å². The molecular weight excluding hydrogens is 308 g/mol. The zero-order chi connectivity index (χ0) is 17.4. The molecule has 2 amide bonds. The fraction of sp³-hybridized carbons (Fsp3) is 0.556. The maximum Gasteiger partial charge on any atom is 0.239 e. The topological polar surface area (TPSA) is 78.9 Å². The van der Waals surface area contributed by atoms with Crippen molar-refractivity contribution in [2.75, 3.05) is 26.7 Å². The van der Waals surface area contributed by atoms with E-state index in [1.165, 1.54) is 0 Å². The number of methoxy groups -OCH3 is 1. The van der Waals surface area contributed by atoms with Gasteiger partial charge in [-0.1, -0.05) is 25.0 Å². The van der Waals surface area contributed by atoms with Gasteiger partial charge in [0.2, 0.25) is 11.8 Å². The fourth-order valence-electron chi connectivity index (χ4n) is 2.77. The third-order valence-electron chi connectivity index (χ3n) is 4.25. The van der Waals surface area contributed by atoms with E-state index in [4.69, 9.17) is 4.74 Å². The third-order valence-corrected chi connectivity index (χ3v) is 4.25. The van der Waals surface area contributed by atoms with E-state index < -0.39 is 6.10 Å². The Bertz CT molecular complexity index is 544. The van der Waals surface area contributed by atoms with Crippen molar-refractivity contribution < 1.29 is 19.4 Å². The molecule has 0 aliphatic carbocycles. The molecule has 1 aromatic carbocycles. The van der Waals surface area contributed by atoms with E-state index in [0.717, 1.165) is 25.7 Å². The van der Waals surface area contributed by atoms with Crippen LogP contribution in [0.5, 0.6) is 5.75 Å². The van der Waals surface area contributed by atoms with Crippen LogP contribution in [-0.2, 0) is 9.59 Å². The summed E-state index contributed by atoms with van der Waals surface area (Å²) >= 11 is 0. The summed E-state index contributed by atoms with van der Waals surface area (Å²) in [5.41, 5.74) is 0.707. The van der Waals surface area contributed by atoms with Crippen LogP contribution in [0, 0.1) is 0 Å². The number of likely N-dealkylation sites (tertiary alicyclic amines) is 1. The average Bonchev–Trinajstić information content (AvgIpc) is 2.59. The van der Waals surface area contributed by atoms with Crippen molar-refractivity contribution in [3.63, 3.8) is 0 Å². The first-order valence-corrected chi connectivity index (χ1v) is 8.46. The van der Waals surface area contributed by atoms with Gasteiger partial charge in [-0.05, 0) is 30.5 Å². The molecule has 1 fully saturated rings. The number of nitrogens with one attached hydrogen (secondary N) is 1. The Morgan fingerprint density at radius 1 is 1.25 bits per heavy atom. The van der Waals surface area contributed by atoms with Crippen LogP contribution in [0.4, 0.5) is 0 Å². The van der Waals surface area contributed by atoms with Crippen molar-refractivity contribution in [3.8, 4) is 5.75 Å². The van der Waals surface area contributed by atoms with Crippen LogP contribution >= 0.6 is 0 Å². The predicted octanol–water partition coefficient (Wildman–Crippen LogP) is 1.64. The minimum atomic E-state index is -0.789. The number of ether oxygens (including phenoxy) is 1. The highest BCUT2D eigenvalue weighted by atomic mass is 16.5. The van der Waals surface area contributed by atoms with Gasteiger partial charge in [-0.25, -0.2) is 0 Å². The van der Waals surface area contributed by atoms with E-state index in [2.05, 4.69) is 5.32 Å². The molecule has 6 heteroatoms. The highest BCUT2D eigenvalue weighted by Gasteiger charge is 2.19. The highest BCUT2D eigenvalue weighted by Crippen LogP contribution is 2.17. The molecule has 2 N–H and O–H groups in total. The molecule has 0 saturated carbocycles. The minimum Gasteiger partial charge on any atom is -0.497 e. The van der Waals surface area contributed by atoms with Crippen LogP contribution in [0.1, 0.15) is 43.8 Å². The lowest BCUT2D eigenvalue weighted by molar-refractivity contribution is -0.136. The number of aliphatic hydroxyl groups is 1. The van der Waals surface area contributed by atoms with Crippen molar-refractivity contribution >= 4 is 11.8 Å². The summed E-state index contributed by atoms with van der Waals surface area (Å²) in [6, 6.07) is 7.05. The van der Waals surface area contributed by atoms with Crippen molar-refractivity contribution in [1.82, 2.24) is 10.2 Å². The predicted molar refractivity (Wildman–Crippen MR) is 90.6 cm³/mol. The summed E-state index contributed by atoms with van der Waals surface area (Å²) in [7, 11) is 1.58. The largest absolute Gasteiger partial charge is 0.497 e. The quantitative estimate of drug-likeness (QED) is 0.829. The molecule has 0 aromatic heterocycles. The Hall–Kier alpha value is -2.08. The van der Waals surface area contributed by atoms with Gasteiger partial charge < -0.3 is 20.1 Å². The lowest BCUT2D eigenvalue weighted by Crippen LogP contribution is -2.42. The van der Waals surface area contributed by atoms with Gasteiger partial charge in [0.25, 0.3) is 0 Å². The number of carbonyl (C=O) groups is 2. The van der Waals surface area contributed by atoms with Crippen LogP contribution in [0.2, 0.25) is 0 Å². The molecule has 0 spiro atoms. The second-order valence-electron chi connectivity index (χ2n) is 6.07. The summed E-state index contributed by atoms with van der Waals surface area (Å²) in [5.74, 6) is 0.516. The fourth-order valence-corrected chi connectivity index (χ4v) is 2.77. The van der Waals surface area contributed by atoms with Crippen molar-refractivity contribution in [1.29, 1.82) is 0 Å². The molecular formula is C18H26N2O4. The van der Waals surface area contributed by atoms with Crippen LogP contribution in [0.3, 0.4) is 0 Å². The van der Waals surface area contributed by atoms with Gasteiger partial charge in [0.15, 0.2) is 0 Å².